The monoisotopic (exact) mass is 221 g/mol. The Morgan fingerprint density at radius 2 is 2.06 bits per heavy atom. The summed E-state index contributed by atoms with van der Waals surface area (Å²) < 4.78 is 10.8. The van der Waals surface area contributed by atoms with Crippen molar-refractivity contribution in [2.45, 2.75) is 25.8 Å². The number of ether oxygens (including phenoxy) is 2. The van der Waals surface area contributed by atoms with Crippen LogP contribution >= 0.6 is 0 Å². The largest absolute Gasteiger partial charge is 0.496 e. The maximum absolute atomic E-state index is 5.51. The molecule has 1 saturated heterocycles. The van der Waals surface area contributed by atoms with E-state index in [2.05, 4.69) is 11.4 Å². The summed E-state index contributed by atoms with van der Waals surface area (Å²) in [5.41, 5.74) is 2.33. The molecule has 1 aliphatic rings. The second kappa shape index (κ2) is 4.74. The maximum Gasteiger partial charge on any atom is 0.130 e. The van der Waals surface area contributed by atoms with Crippen LogP contribution in [-0.2, 0) is 0 Å². The standard InChI is InChI=1S/C13H19NO2/c1-9-12(15-2)7-6-10(13(9)16-3)11-5-4-8-14-11/h6-7,11,14H,4-5,8H2,1-3H3/t11-/m1/s1. The third kappa shape index (κ3) is 1.87. The summed E-state index contributed by atoms with van der Waals surface area (Å²) in [5, 5.41) is 3.49. The SMILES string of the molecule is COc1ccc([C@H]2CCCN2)c(OC)c1C. The summed E-state index contributed by atoms with van der Waals surface area (Å²) in [5.74, 6) is 1.84. The molecular formula is C13H19NO2. The highest BCUT2D eigenvalue weighted by Gasteiger charge is 2.22. The molecule has 3 heteroatoms. The van der Waals surface area contributed by atoms with Gasteiger partial charge in [0.05, 0.1) is 14.2 Å². The minimum absolute atomic E-state index is 0.430. The van der Waals surface area contributed by atoms with E-state index in [1.54, 1.807) is 14.2 Å². The van der Waals surface area contributed by atoms with E-state index in [4.69, 9.17) is 9.47 Å². The van der Waals surface area contributed by atoms with Crippen LogP contribution in [0.15, 0.2) is 12.1 Å². The molecule has 3 nitrogen and oxygen atoms in total. The van der Waals surface area contributed by atoms with Gasteiger partial charge in [-0.25, -0.2) is 0 Å². The van der Waals surface area contributed by atoms with Crippen molar-refractivity contribution < 1.29 is 9.47 Å². The topological polar surface area (TPSA) is 30.5 Å². The van der Waals surface area contributed by atoms with E-state index in [0.717, 1.165) is 23.6 Å². The van der Waals surface area contributed by atoms with Crippen molar-refractivity contribution in [1.29, 1.82) is 0 Å². The third-order valence-corrected chi connectivity index (χ3v) is 3.25. The van der Waals surface area contributed by atoms with Gasteiger partial charge in [-0.3, -0.25) is 0 Å². The van der Waals surface area contributed by atoms with Gasteiger partial charge in [0.25, 0.3) is 0 Å². The first-order valence-electron chi connectivity index (χ1n) is 5.72. The van der Waals surface area contributed by atoms with Crippen molar-refractivity contribution in [2.24, 2.45) is 0 Å². The molecular weight excluding hydrogens is 202 g/mol. The number of methoxy groups -OCH3 is 2. The fourth-order valence-electron chi connectivity index (χ4n) is 2.41. The lowest BCUT2D eigenvalue weighted by Gasteiger charge is -2.18. The number of nitrogens with one attached hydrogen (secondary N) is 1. The molecule has 0 aliphatic carbocycles. The highest BCUT2D eigenvalue weighted by Crippen LogP contribution is 2.37. The lowest BCUT2D eigenvalue weighted by molar-refractivity contribution is 0.381. The lowest BCUT2D eigenvalue weighted by Crippen LogP contribution is -2.14. The molecule has 16 heavy (non-hydrogen) atoms. The van der Waals surface area contributed by atoms with Gasteiger partial charge in [-0.05, 0) is 32.4 Å². The van der Waals surface area contributed by atoms with Crippen molar-refractivity contribution >= 4 is 0 Å². The molecule has 1 N–H and O–H groups in total. The number of hydrogen-bond acceptors (Lipinski definition) is 3. The molecule has 1 fully saturated rings. The van der Waals surface area contributed by atoms with Crippen molar-refractivity contribution in [3.05, 3.63) is 23.3 Å². The molecule has 1 aliphatic heterocycles. The van der Waals surface area contributed by atoms with E-state index >= 15 is 0 Å². The first kappa shape index (κ1) is 11.3. The number of benzene rings is 1. The first-order valence-corrected chi connectivity index (χ1v) is 5.72. The molecule has 2 rings (SSSR count). The minimum atomic E-state index is 0.430. The molecule has 0 bridgehead atoms. The molecule has 1 aromatic rings. The second-order valence-electron chi connectivity index (χ2n) is 4.16. The van der Waals surface area contributed by atoms with Gasteiger partial charge in [-0.15, -0.1) is 0 Å². The van der Waals surface area contributed by atoms with E-state index in [-0.39, 0.29) is 0 Å². The van der Waals surface area contributed by atoms with Crippen LogP contribution in [-0.4, -0.2) is 20.8 Å². The summed E-state index contributed by atoms with van der Waals surface area (Å²) >= 11 is 0. The summed E-state index contributed by atoms with van der Waals surface area (Å²) in [4.78, 5) is 0. The normalized spacial score (nSPS) is 19.8. The fraction of sp³-hybridized carbons (Fsp3) is 0.538. The zero-order valence-electron chi connectivity index (χ0n) is 10.2. The average Bonchev–Trinajstić information content (AvgIpc) is 2.82. The Balaban J connectivity index is 2.40. The van der Waals surface area contributed by atoms with Gasteiger partial charge in [0, 0.05) is 17.2 Å². The van der Waals surface area contributed by atoms with Crippen molar-refractivity contribution in [3.63, 3.8) is 0 Å². The molecule has 0 saturated carbocycles. The highest BCUT2D eigenvalue weighted by atomic mass is 16.5. The van der Waals surface area contributed by atoms with Crippen LogP contribution < -0.4 is 14.8 Å². The Labute approximate surface area is 96.8 Å². The Kier molecular flexibility index (Phi) is 3.34. The van der Waals surface area contributed by atoms with E-state index in [1.807, 2.05) is 13.0 Å². The molecule has 88 valence electrons. The van der Waals surface area contributed by atoms with E-state index in [0.29, 0.717) is 6.04 Å². The number of hydrogen-bond donors (Lipinski definition) is 1. The molecule has 0 unspecified atom stereocenters. The molecule has 1 aromatic carbocycles. The van der Waals surface area contributed by atoms with E-state index in [1.165, 1.54) is 18.4 Å². The van der Waals surface area contributed by atoms with Crippen molar-refractivity contribution in [1.82, 2.24) is 5.32 Å². The van der Waals surface area contributed by atoms with E-state index < -0.39 is 0 Å². The summed E-state index contributed by atoms with van der Waals surface area (Å²) in [7, 11) is 3.41. The predicted octanol–water partition coefficient (Wildman–Crippen LogP) is 2.44. The summed E-state index contributed by atoms with van der Waals surface area (Å²) in [6.45, 7) is 3.13. The second-order valence-corrected chi connectivity index (χ2v) is 4.16. The van der Waals surface area contributed by atoms with Crippen LogP contribution in [0.5, 0.6) is 11.5 Å². The number of rotatable bonds is 3. The minimum Gasteiger partial charge on any atom is -0.496 e. The summed E-state index contributed by atoms with van der Waals surface area (Å²) in [6.07, 6.45) is 2.42. The Bertz CT molecular complexity index is 370. The molecule has 0 aromatic heterocycles. The van der Waals surface area contributed by atoms with Crippen LogP contribution in [0, 0.1) is 6.92 Å². The maximum atomic E-state index is 5.51. The highest BCUT2D eigenvalue weighted by molar-refractivity contribution is 5.50. The molecule has 0 radical (unpaired) electrons. The Morgan fingerprint density at radius 3 is 2.62 bits per heavy atom. The molecule has 1 atom stereocenters. The van der Waals surface area contributed by atoms with Gasteiger partial charge in [0.1, 0.15) is 11.5 Å². The molecule has 1 heterocycles. The Morgan fingerprint density at radius 1 is 1.25 bits per heavy atom. The lowest BCUT2D eigenvalue weighted by atomic mass is 10.0. The van der Waals surface area contributed by atoms with Crippen LogP contribution in [0.2, 0.25) is 0 Å². The first-order chi connectivity index (χ1) is 7.77. The predicted molar refractivity (Wildman–Crippen MR) is 64.3 cm³/mol. The van der Waals surface area contributed by atoms with E-state index in [9.17, 15) is 0 Å². The average molecular weight is 221 g/mol. The van der Waals surface area contributed by atoms with Gasteiger partial charge in [-0.1, -0.05) is 6.07 Å². The van der Waals surface area contributed by atoms with Crippen molar-refractivity contribution in [2.75, 3.05) is 20.8 Å². The summed E-state index contributed by atoms with van der Waals surface area (Å²) in [6, 6.07) is 4.56. The Hall–Kier alpha value is -1.22. The molecule has 0 amide bonds. The van der Waals surface area contributed by atoms with Crippen LogP contribution in [0.4, 0.5) is 0 Å². The van der Waals surface area contributed by atoms with Crippen LogP contribution in [0.1, 0.15) is 30.0 Å². The quantitative estimate of drug-likeness (QED) is 0.850. The van der Waals surface area contributed by atoms with Gasteiger partial charge in [-0.2, -0.15) is 0 Å². The molecule has 0 spiro atoms. The fourth-order valence-corrected chi connectivity index (χ4v) is 2.41. The third-order valence-electron chi connectivity index (χ3n) is 3.25. The van der Waals surface area contributed by atoms with Crippen LogP contribution in [0.25, 0.3) is 0 Å². The van der Waals surface area contributed by atoms with Gasteiger partial charge in [0.15, 0.2) is 0 Å². The zero-order valence-corrected chi connectivity index (χ0v) is 10.2. The van der Waals surface area contributed by atoms with Gasteiger partial charge < -0.3 is 14.8 Å². The van der Waals surface area contributed by atoms with Gasteiger partial charge in [0.2, 0.25) is 0 Å². The van der Waals surface area contributed by atoms with Gasteiger partial charge >= 0.3 is 0 Å². The smallest absolute Gasteiger partial charge is 0.130 e. The van der Waals surface area contributed by atoms with Crippen LogP contribution in [0.3, 0.4) is 0 Å². The zero-order chi connectivity index (χ0) is 11.5. The van der Waals surface area contributed by atoms with Crippen molar-refractivity contribution in [3.8, 4) is 11.5 Å².